The first-order valence-corrected chi connectivity index (χ1v) is 5.43. The molecule has 2 aromatic rings. The molecular weight excluding hydrogens is 254 g/mol. The van der Waals surface area contributed by atoms with E-state index in [1.165, 1.54) is 5.56 Å². The highest BCUT2D eigenvalue weighted by Gasteiger charge is 2.11. The largest absolute Gasteiger partial charge is 0.383 e. The molecule has 4 heteroatoms. The minimum atomic E-state index is 0.682. The summed E-state index contributed by atoms with van der Waals surface area (Å²) in [5.74, 6) is 0.682. The molecular formula is C11H12BrN3. The van der Waals surface area contributed by atoms with Gasteiger partial charge in [0, 0.05) is 22.6 Å². The van der Waals surface area contributed by atoms with Crippen molar-refractivity contribution in [2.45, 2.75) is 6.92 Å². The van der Waals surface area contributed by atoms with Crippen LogP contribution in [0.4, 0.5) is 5.82 Å². The van der Waals surface area contributed by atoms with Gasteiger partial charge in [0.2, 0.25) is 0 Å². The average molecular weight is 266 g/mol. The van der Waals surface area contributed by atoms with Crippen LogP contribution in [0.15, 0.2) is 28.9 Å². The van der Waals surface area contributed by atoms with E-state index in [1.807, 2.05) is 19.2 Å². The monoisotopic (exact) mass is 265 g/mol. The smallest absolute Gasteiger partial charge is 0.129 e. The minimum absolute atomic E-state index is 0.682. The zero-order valence-corrected chi connectivity index (χ0v) is 10.2. The molecule has 0 saturated heterocycles. The van der Waals surface area contributed by atoms with Crippen LogP contribution in [0, 0.1) is 6.92 Å². The number of rotatable bonds is 1. The van der Waals surface area contributed by atoms with Crippen LogP contribution in [0.25, 0.3) is 11.1 Å². The number of nitrogens with zero attached hydrogens (tertiary/aromatic N) is 2. The number of nitrogens with two attached hydrogens (primary N) is 1. The topological polar surface area (TPSA) is 43.8 Å². The Labute approximate surface area is 97.0 Å². The van der Waals surface area contributed by atoms with E-state index in [0.717, 1.165) is 15.6 Å². The first-order valence-electron chi connectivity index (χ1n) is 4.64. The molecule has 0 aliphatic carbocycles. The second kappa shape index (κ2) is 3.70. The van der Waals surface area contributed by atoms with Crippen molar-refractivity contribution in [3.8, 4) is 11.1 Å². The molecule has 0 unspecified atom stereocenters. The van der Waals surface area contributed by atoms with E-state index in [-0.39, 0.29) is 0 Å². The van der Waals surface area contributed by atoms with Crippen LogP contribution >= 0.6 is 15.9 Å². The van der Waals surface area contributed by atoms with Crippen LogP contribution < -0.4 is 5.73 Å². The molecule has 0 aliphatic rings. The number of anilines is 1. The zero-order valence-electron chi connectivity index (χ0n) is 8.66. The third kappa shape index (κ3) is 1.65. The van der Waals surface area contributed by atoms with Gasteiger partial charge in [0.05, 0.1) is 6.20 Å². The average Bonchev–Trinajstić information content (AvgIpc) is 2.53. The van der Waals surface area contributed by atoms with Gasteiger partial charge < -0.3 is 5.73 Å². The maximum Gasteiger partial charge on any atom is 0.129 e. The third-order valence-corrected chi connectivity index (χ3v) is 3.52. The molecule has 0 bridgehead atoms. The molecule has 78 valence electrons. The summed E-state index contributed by atoms with van der Waals surface area (Å²) in [5.41, 5.74) is 9.17. The molecule has 0 aliphatic heterocycles. The van der Waals surface area contributed by atoms with Crippen LogP contribution in [0.3, 0.4) is 0 Å². The van der Waals surface area contributed by atoms with E-state index in [2.05, 4.69) is 34.0 Å². The van der Waals surface area contributed by atoms with Crippen molar-refractivity contribution in [2.24, 2.45) is 7.05 Å². The Morgan fingerprint density at radius 1 is 1.33 bits per heavy atom. The molecule has 0 spiro atoms. The molecule has 0 saturated carbocycles. The summed E-state index contributed by atoms with van der Waals surface area (Å²) in [6, 6.07) is 6.10. The maximum atomic E-state index is 5.93. The Bertz CT molecular complexity index is 503. The molecule has 0 radical (unpaired) electrons. The van der Waals surface area contributed by atoms with Gasteiger partial charge in [0.15, 0.2) is 0 Å². The maximum absolute atomic E-state index is 5.93. The van der Waals surface area contributed by atoms with Crippen molar-refractivity contribution in [3.63, 3.8) is 0 Å². The molecule has 0 fully saturated rings. The zero-order chi connectivity index (χ0) is 11.0. The van der Waals surface area contributed by atoms with Gasteiger partial charge in [-0.25, -0.2) is 0 Å². The van der Waals surface area contributed by atoms with Gasteiger partial charge in [-0.3, -0.25) is 4.68 Å². The highest BCUT2D eigenvalue weighted by molar-refractivity contribution is 9.10. The summed E-state index contributed by atoms with van der Waals surface area (Å²) in [6.07, 6.45) is 1.79. The number of hydrogen-bond donors (Lipinski definition) is 1. The van der Waals surface area contributed by atoms with Crippen LogP contribution in [0.1, 0.15) is 5.56 Å². The third-order valence-electron chi connectivity index (χ3n) is 2.47. The number of hydrogen-bond acceptors (Lipinski definition) is 2. The lowest BCUT2D eigenvalue weighted by Gasteiger charge is -2.06. The molecule has 2 rings (SSSR count). The van der Waals surface area contributed by atoms with Crippen LogP contribution in [0.5, 0.6) is 0 Å². The molecule has 3 nitrogen and oxygen atoms in total. The van der Waals surface area contributed by atoms with Gasteiger partial charge in [0.25, 0.3) is 0 Å². The van der Waals surface area contributed by atoms with E-state index in [4.69, 9.17) is 5.73 Å². The fourth-order valence-corrected chi connectivity index (χ4v) is 1.99. The van der Waals surface area contributed by atoms with E-state index in [9.17, 15) is 0 Å². The lowest BCUT2D eigenvalue weighted by Crippen LogP contribution is -1.98. The summed E-state index contributed by atoms with van der Waals surface area (Å²) in [7, 11) is 1.84. The fourth-order valence-electron chi connectivity index (χ4n) is 1.51. The van der Waals surface area contributed by atoms with Gasteiger partial charge >= 0.3 is 0 Å². The van der Waals surface area contributed by atoms with Crippen molar-refractivity contribution in [3.05, 3.63) is 34.4 Å². The summed E-state index contributed by atoms with van der Waals surface area (Å²) < 4.78 is 2.74. The molecule has 2 N–H and O–H groups in total. The molecule has 0 amide bonds. The van der Waals surface area contributed by atoms with Gasteiger partial charge in [-0.05, 0) is 28.4 Å². The molecule has 1 aromatic heterocycles. The summed E-state index contributed by atoms with van der Waals surface area (Å²) in [6.45, 7) is 2.06. The van der Waals surface area contributed by atoms with Crippen LogP contribution in [-0.4, -0.2) is 9.78 Å². The summed E-state index contributed by atoms with van der Waals surface area (Å²) >= 11 is 3.57. The first kappa shape index (κ1) is 10.2. The second-order valence-corrected chi connectivity index (χ2v) is 4.30. The first-order chi connectivity index (χ1) is 7.11. The lowest BCUT2D eigenvalue weighted by atomic mass is 10.1. The van der Waals surface area contributed by atoms with E-state index >= 15 is 0 Å². The lowest BCUT2D eigenvalue weighted by molar-refractivity contribution is 0.779. The van der Waals surface area contributed by atoms with Gasteiger partial charge in [0.1, 0.15) is 5.82 Å². The SMILES string of the molecule is Cc1cccc(-c2cnn(C)c2N)c1Br. The Kier molecular flexibility index (Phi) is 2.52. The molecule has 1 heterocycles. The number of benzene rings is 1. The van der Waals surface area contributed by atoms with Gasteiger partial charge in [-0.15, -0.1) is 0 Å². The second-order valence-electron chi connectivity index (χ2n) is 3.50. The van der Waals surface area contributed by atoms with Gasteiger partial charge in [-0.1, -0.05) is 18.2 Å². The molecule has 0 atom stereocenters. The molecule has 15 heavy (non-hydrogen) atoms. The van der Waals surface area contributed by atoms with Crippen molar-refractivity contribution in [2.75, 3.05) is 5.73 Å². The summed E-state index contributed by atoms with van der Waals surface area (Å²) in [4.78, 5) is 0. The van der Waals surface area contributed by atoms with Crippen LogP contribution in [-0.2, 0) is 7.05 Å². The van der Waals surface area contributed by atoms with E-state index < -0.39 is 0 Å². The normalized spacial score (nSPS) is 10.6. The van der Waals surface area contributed by atoms with E-state index in [0.29, 0.717) is 5.82 Å². The quantitative estimate of drug-likeness (QED) is 0.862. The van der Waals surface area contributed by atoms with E-state index in [1.54, 1.807) is 10.9 Å². The number of aryl methyl sites for hydroxylation is 2. The van der Waals surface area contributed by atoms with Crippen LogP contribution in [0.2, 0.25) is 0 Å². The standard InChI is InChI=1S/C11H12BrN3/c1-7-4-3-5-8(10(7)12)9-6-14-15(2)11(9)13/h3-6H,13H2,1-2H3. The van der Waals surface area contributed by atoms with Crippen molar-refractivity contribution in [1.29, 1.82) is 0 Å². The number of halogens is 1. The Hall–Kier alpha value is -1.29. The Morgan fingerprint density at radius 2 is 2.07 bits per heavy atom. The minimum Gasteiger partial charge on any atom is -0.383 e. The van der Waals surface area contributed by atoms with Crippen molar-refractivity contribution in [1.82, 2.24) is 9.78 Å². The molecule has 1 aromatic carbocycles. The summed E-state index contributed by atoms with van der Waals surface area (Å²) in [5, 5.41) is 4.13. The predicted octanol–water partition coefficient (Wildman–Crippen LogP) is 2.74. The highest BCUT2D eigenvalue weighted by atomic mass is 79.9. The van der Waals surface area contributed by atoms with Gasteiger partial charge in [-0.2, -0.15) is 5.10 Å². The van der Waals surface area contributed by atoms with Crippen molar-refractivity contribution >= 4 is 21.7 Å². The predicted molar refractivity (Wildman–Crippen MR) is 65.5 cm³/mol. The van der Waals surface area contributed by atoms with Crippen molar-refractivity contribution < 1.29 is 0 Å². The number of nitrogen functional groups attached to an aromatic ring is 1. The number of aromatic nitrogens is 2. The Morgan fingerprint density at radius 3 is 2.67 bits per heavy atom. The highest BCUT2D eigenvalue weighted by Crippen LogP contribution is 2.33. The fraction of sp³-hybridized carbons (Fsp3) is 0.182. The Balaban J connectivity index is 2.64.